The zero-order valence-electron chi connectivity index (χ0n) is 24.6. The Kier molecular flexibility index (Phi) is 11.0. The van der Waals surface area contributed by atoms with Gasteiger partial charge in [0, 0.05) is 50.9 Å². The van der Waals surface area contributed by atoms with E-state index in [1.807, 2.05) is 0 Å². The molecule has 3 aromatic rings. The van der Waals surface area contributed by atoms with Gasteiger partial charge in [0.25, 0.3) is 11.5 Å². The molecule has 0 atom stereocenters. The number of piperidine rings is 1. The Morgan fingerprint density at radius 3 is 2.60 bits per heavy atom. The van der Waals surface area contributed by atoms with Gasteiger partial charge < -0.3 is 24.8 Å². The summed E-state index contributed by atoms with van der Waals surface area (Å²) in [6.07, 6.45) is 3.81. The Bertz CT molecular complexity index is 1430. The lowest BCUT2D eigenvalue weighted by molar-refractivity contribution is -0.159. The number of alkyl halides is 2. The quantitative estimate of drug-likeness (QED) is 0.270. The molecule has 1 aromatic carbocycles. The van der Waals surface area contributed by atoms with Crippen molar-refractivity contribution < 1.29 is 23.1 Å². The first-order valence-corrected chi connectivity index (χ1v) is 14.6. The largest absolute Gasteiger partial charge is 0.433 e. The normalized spacial score (nSPS) is 14.4. The Hall–Kier alpha value is -4.13. The third-order valence-corrected chi connectivity index (χ3v) is 7.36. The van der Waals surface area contributed by atoms with Crippen molar-refractivity contribution in [2.75, 3.05) is 25.0 Å². The lowest BCUT2D eigenvalue weighted by Gasteiger charge is -2.30. The first-order valence-electron chi connectivity index (χ1n) is 14.6. The van der Waals surface area contributed by atoms with Crippen LogP contribution in [-0.4, -0.2) is 62.0 Å². The Balaban J connectivity index is 1.16. The molecule has 3 heterocycles. The molecule has 2 N–H and O–H groups in total. The summed E-state index contributed by atoms with van der Waals surface area (Å²) in [7, 11) is 0. The number of aromatic nitrogens is 4. The third-order valence-electron chi connectivity index (χ3n) is 7.36. The number of carbonyl (C=O) groups is 2. The van der Waals surface area contributed by atoms with Crippen molar-refractivity contribution in [3.8, 4) is 5.75 Å². The fourth-order valence-corrected chi connectivity index (χ4v) is 5.02. The van der Waals surface area contributed by atoms with Gasteiger partial charge in [0.2, 0.25) is 5.91 Å². The zero-order valence-corrected chi connectivity index (χ0v) is 24.6. The van der Waals surface area contributed by atoms with Crippen molar-refractivity contribution in [1.29, 1.82) is 0 Å². The van der Waals surface area contributed by atoms with Gasteiger partial charge in [-0.25, -0.2) is 0 Å². The predicted octanol–water partition coefficient (Wildman–Crippen LogP) is 3.90. The number of hydrogen-bond acceptors (Lipinski definition) is 7. The second kappa shape index (κ2) is 14.9. The minimum absolute atomic E-state index is 0.00356. The fraction of sp³-hybridized carbons (Fsp3) is 0.500. The van der Waals surface area contributed by atoms with E-state index in [1.54, 1.807) is 33.6 Å². The Labute approximate surface area is 249 Å². The number of anilines is 1. The fourth-order valence-electron chi connectivity index (χ4n) is 5.02. The summed E-state index contributed by atoms with van der Waals surface area (Å²) in [5, 5.41) is 13.4. The molecule has 13 heteroatoms. The van der Waals surface area contributed by atoms with Crippen molar-refractivity contribution in [2.24, 2.45) is 5.92 Å². The van der Waals surface area contributed by atoms with Crippen LogP contribution in [0.1, 0.15) is 62.0 Å². The molecule has 0 radical (unpaired) electrons. The van der Waals surface area contributed by atoms with E-state index in [-0.39, 0.29) is 29.5 Å². The van der Waals surface area contributed by atoms with Crippen molar-refractivity contribution in [2.45, 2.75) is 71.7 Å². The molecule has 1 fully saturated rings. The number of likely N-dealkylation sites (tertiary alicyclic amines) is 1. The van der Waals surface area contributed by atoms with Gasteiger partial charge in [-0.05, 0) is 75.0 Å². The summed E-state index contributed by atoms with van der Waals surface area (Å²) in [6, 6.07) is 9.29. The Morgan fingerprint density at radius 2 is 1.88 bits per heavy atom. The summed E-state index contributed by atoms with van der Waals surface area (Å²) >= 11 is 0. The number of nitrogens with one attached hydrogen (secondary N) is 2. The van der Waals surface area contributed by atoms with Gasteiger partial charge in [0.1, 0.15) is 5.75 Å². The first kappa shape index (κ1) is 31.8. The number of carbonyl (C=O) groups excluding carboxylic acids is 2. The minimum atomic E-state index is -3.30. The van der Waals surface area contributed by atoms with E-state index < -0.39 is 12.0 Å². The SMILES string of the molecule is CCN1CCC(CC(=O)Nc2ccn(CCCCn3cc(C(=O)NCc4cccc(OC(C)(F)F)c4)nn3)c(=O)c2)CC1. The summed E-state index contributed by atoms with van der Waals surface area (Å²) in [4.78, 5) is 39.9. The molecular formula is C30H39F2N7O4. The van der Waals surface area contributed by atoms with Crippen LogP contribution in [0.25, 0.3) is 0 Å². The van der Waals surface area contributed by atoms with Gasteiger partial charge in [-0.2, -0.15) is 8.78 Å². The monoisotopic (exact) mass is 599 g/mol. The van der Waals surface area contributed by atoms with Crippen LogP contribution in [0.3, 0.4) is 0 Å². The maximum atomic E-state index is 13.1. The van der Waals surface area contributed by atoms with E-state index in [9.17, 15) is 23.2 Å². The smallest absolute Gasteiger partial charge is 0.394 e. The molecule has 0 unspecified atom stereocenters. The summed E-state index contributed by atoms with van der Waals surface area (Å²) in [5.74, 6) is -0.123. The highest BCUT2D eigenvalue weighted by Crippen LogP contribution is 2.22. The number of ether oxygens (including phenoxy) is 1. The number of hydrogen-bond donors (Lipinski definition) is 2. The number of unbranched alkanes of at least 4 members (excludes halogenated alkanes) is 1. The van der Waals surface area contributed by atoms with Crippen LogP contribution in [0.4, 0.5) is 14.5 Å². The van der Waals surface area contributed by atoms with Gasteiger partial charge in [-0.1, -0.05) is 24.3 Å². The third kappa shape index (κ3) is 10.3. The lowest BCUT2D eigenvalue weighted by atomic mass is 9.93. The van der Waals surface area contributed by atoms with E-state index in [1.165, 1.54) is 24.4 Å². The molecule has 1 aliphatic rings. The number of rotatable bonds is 14. The van der Waals surface area contributed by atoms with E-state index in [0.717, 1.165) is 32.5 Å². The van der Waals surface area contributed by atoms with Gasteiger partial charge in [-0.15, -0.1) is 5.10 Å². The van der Waals surface area contributed by atoms with Crippen LogP contribution in [0.5, 0.6) is 5.75 Å². The summed E-state index contributed by atoms with van der Waals surface area (Å²) < 4.78 is 33.9. The van der Waals surface area contributed by atoms with E-state index in [0.29, 0.717) is 56.4 Å². The molecule has 0 bridgehead atoms. The van der Waals surface area contributed by atoms with Gasteiger partial charge in [-0.3, -0.25) is 19.1 Å². The van der Waals surface area contributed by atoms with E-state index >= 15 is 0 Å². The zero-order chi connectivity index (χ0) is 30.8. The number of amides is 2. The van der Waals surface area contributed by atoms with Gasteiger partial charge in [0.15, 0.2) is 5.69 Å². The van der Waals surface area contributed by atoms with Crippen molar-refractivity contribution >= 4 is 17.5 Å². The molecule has 0 spiro atoms. The topological polar surface area (TPSA) is 123 Å². The summed E-state index contributed by atoms with van der Waals surface area (Å²) in [5.41, 5.74) is 1.05. The summed E-state index contributed by atoms with van der Waals surface area (Å²) in [6.45, 7) is 7.01. The average Bonchev–Trinajstić information content (AvgIpc) is 3.44. The lowest BCUT2D eigenvalue weighted by Crippen LogP contribution is -2.34. The predicted molar refractivity (Wildman–Crippen MR) is 157 cm³/mol. The number of benzene rings is 1. The van der Waals surface area contributed by atoms with Crippen molar-refractivity contribution in [3.05, 3.63) is 70.4 Å². The molecule has 43 heavy (non-hydrogen) atoms. The molecular weight excluding hydrogens is 560 g/mol. The molecule has 0 aliphatic carbocycles. The minimum Gasteiger partial charge on any atom is -0.433 e. The maximum Gasteiger partial charge on any atom is 0.394 e. The van der Waals surface area contributed by atoms with Crippen LogP contribution in [0.15, 0.2) is 53.6 Å². The van der Waals surface area contributed by atoms with Crippen LogP contribution in [0, 0.1) is 5.92 Å². The molecule has 232 valence electrons. The second-order valence-electron chi connectivity index (χ2n) is 10.9. The highest BCUT2D eigenvalue weighted by atomic mass is 19.3. The van der Waals surface area contributed by atoms with Crippen LogP contribution in [0.2, 0.25) is 0 Å². The highest BCUT2D eigenvalue weighted by molar-refractivity contribution is 5.92. The van der Waals surface area contributed by atoms with Crippen LogP contribution >= 0.6 is 0 Å². The average molecular weight is 600 g/mol. The number of nitrogens with zero attached hydrogens (tertiary/aromatic N) is 5. The standard InChI is InChI=1S/C30H39F2N7O4/c1-3-37-14-9-22(10-15-37)18-27(40)34-24-11-16-38(28(41)19-24)12-4-5-13-39-21-26(35-36-39)29(42)33-20-23-7-6-8-25(17-23)43-30(2,31)32/h6-8,11,16-17,19,21-22H,3-5,9-10,12-15,18,20H2,1-2H3,(H,33,42)(H,34,40). The van der Waals surface area contributed by atoms with E-state index in [4.69, 9.17) is 0 Å². The molecule has 1 aliphatic heterocycles. The Morgan fingerprint density at radius 1 is 1.12 bits per heavy atom. The van der Waals surface area contributed by atoms with Gasteiger partial charge in [0.05, 0.1) is 6.20 Å². The molecule has 4 rings (SSSR count). The van der Waals surface area contributed by atoms with Crippen LogP contribution < -0.4 is 20.9 Å². The van der Waals surface area contributed by atoms with Crippen LogP contribution in [-0.2, 0) is 24.4 Å². The number of halogens is 2. The second-order valence-corrected chi connectivity index (χ2v) is 10.9. The molecule has 1 saturated heterocycles. The molecule has 2 amide bonds. The van der Waals surface area contributed by atoms with Crippen molar-refractivity contribution in [3.63, 3.8) is 0 Å². The molecule has 0 saturated carbocycles. The first-order chi connectivity index (χ1) is 20.6. The number of aryl methyl sites for hydroxylation is 2. The molecule has 11 nitrogen and oxygen atoms in total. The highest BCUT2D eigenvalue weighted by Gasteiger charge is 2.23. The van der Waals surface area contributed by atoms with Crippen molar-refractivity contribution in [1.82, 2.24) is 29.8 Å². The molecule has 2 aromatic heterocycles. The van der Waals surface area contributed by atoms with Gasteiger partial charge >= 0.3 is 6.11 Å². The number of pyridine rings is 1. The maximum absolute atomic E-state index is 13.1. The van der Waals surface area contributed by atoms with E-state index in [2.05, 4.69) is 37.5 Å².